The number of carboxylic acid groups (broad SMARTS) is 1. The average Bonchev–Trinajstić information content (AvgIpc) is 2.84. The number of hydrogen-bond donors (Lipinski definition) is 2. The molecule has 0 aliphatic carbocycles. The summed E-state index contributed by atoms with van der Waals surface area (Å²) in [5.41, 5.74) is 1.47. The first-order valence-electron chi connectivity index (χ1n) is 8.34. The number of nitrogens with zero attached hydrogens (tertiary/aromatic N) is 1. The van der Waals surface area contributed by atoms with Gasteiger partial charge in [-0.3, -0.25) is 14.4 Å². The summed E-state index contributed by atoms with van der Waals surface area (Å²) < 4.78 is 0. The summed E-state index contributed by atoms with van der Waals surface area (Å²) in [5, 5.41) is 11.2. The van der Waals surface area contributed by atoms with Crippen LogP contribution in [0.15, 0.2) is 54.6 Å². The van der Waals surface area contributed by atoms with Crippen LogP contribution in [0.3, 0.4) is 0 Å². The van der Waals surface area contributed by atoms with Crippen LogP contribution in [0.5, 0.6) is 0 Å². The van der Waals surface area contributed by atoms with E-state index in [9.17, 15) is 14.4 Å². The van der Waals surface area contributed by atoms with E-state index >= 15 is 0 Å². The summed E-state index contributed by atoms with van der Waals surface area (Å²) in [4.78, 5) is 37.9. The van der Waals surface area contributed by atoms with Gasteiger partial charge in [-0.1, -0.05) is 48.5 Å². The second-order valence-electron chi connectivity index (χ2n) is 6.47. The lowest BCUT2D eigenvalue weighted by Gasteiger charge is -2.28. The topological polar surface area (TPSA) is 86.7 Å². The molecule has 0 radical (unpaired) electrons. The maximum Gasteiger partial charge on any atom is 0.322 e. The molecule has 134 valence electrons. The summed E-state index contributed by atoms with van der Waals surface area (Å²) in [7, 11) is 1.70. The SMILES string of the molecule is CN1C(=O)C(CC(=O)NCC(=O)O)(Cc2ccccc2)c2ccccc21. The summed E-state index contributed by atoms with van der Waals surface area (Å²) >= 11 is 0. The van der Waals surface area contributed by atoms with Crippen molar-refractivity contribution < 1.29 is 19.5 Å². The predicted octanol–water partition coefficient (Wildman–Crippen LogP) is 1.73. The fourth-order valence-corrected chi connectivity index (χ4v) is 3.58. The maximum absolute atomic E-state index is 13.2. The molecule has 1 aliphatic heterocycles. The minimum Gasteiger partial charge on any atom is -0.480 e. The zero-order chi connectivity index (χ0) is 18.7. The van der Waals surface area contributed by atoms with Gasteiger partial charge in [0.1, 0.15) is 6.54 Å². The van der Waals surface area contributed by atoms with Crippen LogP contribution in [-0.2, 0) is 26.2 Å². The van der Waals surface area contributed by atoms with E-state index in [0.717, 1.165) is 16.8 Å². The first-order valence-corrected chi connectivity index (χ1v) is 8.34. The number of nitrogens with one attached hydrogen (secondary N) is 1. The molecule has 1 heterocycles. The third kappa shape index (κ3) is 3.18. The number of likely N-dealkylation sites (N-methyl/N-ethyl adjacent to an activating group) is 1. The van der Waals surface area contributed by atoms with Crippen LogP contribution in [0.2, 0.25) is 0 Å². The van der Waals surface area contributed by atoms with Gasteiger partial charge in [-0.2, -0.15) is 0 Å². The fourth-order valence-electron chi connectivity index (χ4n) is 3.58. The predicted molar refractivity (Wildman–Crippen MR) is 96.9 cm³/mol. The average molecular weight is 352 g/mol. The van der Waals surface area contributed by atoms with Gasteiger partial charge >= 0.3 is 5.97 Å². The van der Waals surface area contributed by atoms with Gasteiger partial charge in [0.15, 0.2) is 0 Å². The molecule has 0 aromatic heterocycles. The highest BCUT2D eigenvalue weighted by atomic mass is 16.4. The van der Waals surface area contributed by atoms with Crippen molar-refractivity contribution in [3.05, 3.63) is 65.7 Å². The number of rotatable bonds is 6. The van der Waals surface area contributed by atoms with Gasteiger partial charge in [-0.25, -0.2) is 0 Å². The van der Waals surface area contributed by atoms with Gasteiger partial charge in [-0.15, -0.1) is 0 Å². The number of fused-ring (bicyclic) bond motifs is 1. The van der Waals surface area contributed by atoms with E-state index in [-0.39, 0.29) is 12.3 Å². The van der Waals surface area contributed by atoms with Crippen LogP contribution < -0.4 is 10.2 Å². The molecule has 2 aromatic rings. The van der Waals surface area contributed by atoms with E-state index in [1.54, 1.807) is 11.9 Å². The van der Waals surface area contributed by atoms with Crippen LogP contribution in [-0.4, -0.2) is 36.5 Å². The van der Waals surface area contributed by atoms with Crippen molar-refractivity contribution in [1.82, 2.24) is 5.32 Å². The first-order chi connectivity index (χ1) is 12.4. The monoisotopic (exact) mass is 352 g/mol. The molecule has 0 bridgehead atoms. The highest BCUT2D eigenvalue weighted by Crippen LogP contribution is 2.45. The molecule has 0 saturated carbocycles. The van der Waals surface area contributed by atoms with Gasteiger partial charge in [0, 0.05) is 19.2 Å². The lowest BCUT2D eigenvalue weighted by atomic mass is 9.73. The molecule has 3 rings (SSSR count). The molecule has 2 amide bonds. The Morgan fingerprint density at radius 3 is 2.42 bits per heavy atom. The lowest BCUT2D eigenvalue weighted by Crippen LogP contribution is -2.45. The van der Waals surface area contributed by atoms with Crippen molar-refractivity contribution in [2.24, 2.45) is 0 Å². The second kappa shape index (κ2) is 7.00. The largest absolute Gasteiger partial charge is 0.480 e. The van der Waals surface area contributed by atoms with Crippen molar-refractivity contribution in [2.75, 3.05) is 18.5 Å². The van der Waals surface area contributed by atoms with Gasteiger partial charge < -0.3 is 15.3 Å². The minimum absolute atomic E-state index is 0.102. The Morgan fingerprint density at radius 1 is 1.08 bits per heavy atom. The Labute approximate surface area is 151 Å². The summed E-state index contributed by atoms with van der Waals surface area (Å²) in [6.07, 6.45) is 0.268. The number of carbonyl (C=O) groups excluding carboxylic acids is 2. The molecule has 0 saturated heterocycles. The number of benzene rings is 2. The number of anilines is 1. The summed E-state index contributed by atoms with van der Waals surface area (Å²) in [5.74, 6) is -1.74. The van der Waals surface area contributed by atoms with Crippen LogP contribution in [0, 0.1) is 0 Å². The molecule has 0 spiro atoms. The van der Waals surface area contributed by atoms with Gasteiger partial charge in [0.05, 0.1) is 5.41 Å². The quantitative estimate of drug-likeness (QED) is 0.829. The normalized spacial score (nSPS) is 18.5. The molecule has 0 fully saturated rings. The zero-order valence-electron chi connectivity index (χ0n) is 14.4. The van der Waals surface area contributed by atoms with E-state index in [0.29, 0.717) is 6.42 Å². The van der Waals surface area contributed by atoms with E-state index in [4.69, 9.17) is 5.11 Å². The molecular weight excluding hydrogens is 332 g/mol. The molecule has 1 aliphatic rings. The Morgan fingerprint density at radius 2 is 1.73 bits per heavy atom. The Kier molecular flexibility index (Phi) is 4.75. The molecule has 2 N–H and O–H groups in total. The number of amides is 2. The van der Waals surface area contributed by atoms with E-state index in [2.05, 4.69) is 5.32 Å². The zero-order valence-corrected chi connectivity index (χ0v) is 14.4. The van der Waals surface area contributed by atoms with E-state index < -0.39 is 23.8 Å². The van der Waals surface area contributed by atoms with Gasteiger partial charge in [-0.05, 0) is 23.6 Å². The first kappa shape index (κ1) is 17.7. The van der Waals surface area contributed by atoms with Crippen LogP contribution in [0.1, 0.15) is 17.5 Å². The summed E-state index contributed by atoms with van der Waals surface area (Å²) in [6.45, 7) is -0.466. The van der Waals surface area contributed by atoms with Crippen LogP contribution >= 0.6 is 0 Å². The van der Waals surface area contributed by atoms with Crippen LogP contribution in [0.4, 0.5) is 5.69 Å². The molecular formula is C20H20N2O4. The third-order valence-electron chi connectivity index (χ3n) is 4.74. The highest BCUT2D eigenvalue weighted by molar-refractivity contribution is 6.10. The van der Waals surface area contributed by atoms with E-state index in [1.807, 2.05) is 54.6 Å². The van der Waals surface area contributed by atoms with Crippen molar-refractivity contribution >= 4 is 23.5 Å². The highest BCUT2D eigenvalue weighted by Gasteiger charge is 2.50. The lowest BCUT2D eigenvalue weighted by molar-refractivity contribution is -0.138. The van der Waals surface area contributed by atoms with Gasteiger partial charge in [0.25, 0.3) is 0 Å². The number of hydrogen-bond acceptors (Lipinski definition) is 3. The smallest absolute Gasteiger partial charge is 0.322 e. The fraction of sp³-hybridized carbons (Fsp3) is 0.250. The number of carbonyl (C=O) groups is 3. The standard InChI is InChI=1S/C20H20N2O4/c1-22-16-10-6-5-9-15(16)20(19(22)26,11-14-7-3-2-4-8-14)12-17(23)21-13-18(24)25/h2-10H,11-13H2,1H3,(H,21,23)(H,24,25). The van der Waals surface area contributed by atoms with Gasteiger partial charge in [0.2, 0.25) is 11.8 Å². The van der Waals surface area contributed by atoms with Crippen molar-refractivity contribution in [3.8, 4) is 0 Å². The maximum atomic E-state index is 13.2. The molecule has 26 heavy (non-hydrogen) atoms. The van der Waals surface area contributed by atoms with Crippen molar-refractivity contribution in [2.45, 2.75) is 18.3 Å². The molecule has 6 heteroatoms. The van der Waals surface area contributed by atoms with Crippen molar-refractivity contribution in [3.63, 3.8) is 0 Å². The molecule has 1 atom stereocenters. The van der Waals surface area contributed by atoms with Crippen LogP contribution in [0.25, 0.3) is 0 Å². The Hall–Kier alpha value is -3.15. The Bertz CT molecular complexity index is 850. The summed E-state index contributed by atoms with van der Waals surface area (Å²) in [6, 6.07) is 16.9. The number of aliphatic carboxylic acids is 1. The molecule has 1 unspecified atom stereocenters. The second-order valence-corrected chi connectivity index (χ2v) is 6.47. The van der Waals surface area contributed by atoms with E-state index in [1.165, 1.54) is 0 Å². The molecule has 2 aromatic carbocycles. The minimum atomic E-state index is -1.12. The molecule has 6 nitrogen and oxygen atoms in total. The number of para-hydroxylation sites is 1. The van der Waals surface area contributed by atoms with Crippen molar-refractivity contribution in [1.29, 1.82) is 0 Å². The third-order valence-corrected chi connectivity index (χ3v) is 4.74. The Balaban J connectivity index is 2.01. The number of carboxylic acids is 1.